The molecular formula is C20H22BrN2O3S-. The molecular weight excluding hydrogens is 428 g/mol. The molecule has 0 aliphatic heterocycles. The summed E-state index contributed by atoms with van der Waals surface area (Å²) in [4.78, 5) is 6.77. The van der Waals surface area contributed by atoms with E-state index in [2.05, 4.69) is 11.5 Å². The molecule has 0 saturated carbocycles. The van der Waals surface area contributed by atoms with Crippen molar-refractivity contribution in [3.8, 4) is 22.8 Å². The SMILES string of the molecule is COc1ccc(N=c2sc(C)c(-c3ccc(OC)cc3)n2CCO)cc1.[Br-]. The predicted molar refractivity (Wildman–Crippen MR) is 104 cm³/mol. The summed E-state index contributed by atoms with van der Waals surface area (Å²) in [6.45, 7) is 2.61. The summed E-state index contributed by atoms with van der Waals surface area (Å²) in [7, 11) is 3.30. The zero-order valence-electron chi connectivity index (χ0n) is 15.5. The van der Waals surface area contributed by atoms with Crippen molar-refractivity contribution in [3.63, 3.8) is 0 Å². The third-order valence-corrected chi connectivity index (χ3v) is 5.06. The number of benzene rings is 2. The highest BCUT2D eigenvalue weighted by Gasteiger charge is 2.13. The maximum atomic E-state index is 9.55. The summed E-state index contributed by atoms with van der Waals surface area (Å²) in [5.41, 5.74) is 2.99. The quantitative estimate of drug-likeness (QED) is 0.604. The van der Waals surface area contributed by atoms with Crippen LogP contribution in [-0.2, 0) is 6.54 Å². The molecule has 27 heavy (non-hydrogen) atoms. The molecule has 7 heteroatoms. The summed E-state index contributed by atoms with van der Waals surface area (Å²) in [6.07, 6.45) is 0. The molecule has 2 aromatic carbocycles. The zero-order valence-corrected chi connectivity index (χ0v) is 17.9. The number of methoxy groups -OCH3 is 2. The molecule has 3 rings (SSSR count). The monoisotopic (exact) mass is 449 g/mol. The van der Waals surface area contributed by atoms with Crippen molar-refractivity contribution in [2.24, 2.45) is 4.99 Å². The van der Waals surface area contributed by atoms with Crippen LogP contribution in [-0.4, -0.2) is 30.5 Å². The highest BCUT2D eigenvalue weighted by Crippen LogP contribution is 2.27. The van der Waals surface area contributed by atoms with Crippen LogP contribution in [0.3, 0.4) is 0 Å². The number of nitrogens with zero attached hydrogens (tertiary/aromatic N) is 2. The molecule has 0 radical (unpaired) electrons. The Balaban J connectivity index is 0.00000261. The normalized spacial score (nSPS) is 11.2. The van der Waals surface area contributed by atoms with Crippen LogP contribution >= 0.6 is 11.3 Å². The molecule has 0 atom stereocenters. The van der Waals surface area contributed by atoms with Gasteiger partial charge in [-0.2, -0.15) is 0 Å². The molecule has 0 spiro atoms. The molecule has 0 aliphatic rings. The lowest BCUT2D eigenvalue weighted by atomic mass is 10.1. The average Bonchev–Trinajstić information content (AvgIpc) is 2.97. The number of ether oxygens (including phenoxy) is 2. The molecule has 0 aliphatic carbocycles. The smallest absolute Gasteiger partial charge is 0.190 e. The number of aliphatic hydroxyl groups is 1. The van der Waals surface area contributed by atoms with E-state index in [9.17, 15) is 5.11 Å². The maximum absolute atomic E-state index is 9.55. The summed E-state index contributed by atoms with van der Waals surface area (Å²) in [5, 5.41) is 9.55. The van der Waals surface area contributed by atoms with Crippen LogP contribution in [0.15, 0.2) is 53.5 Å². The van der Waals surface area contributed by atoms with Crippen LogP contribution in [0.4, 0.5) is 5.69 Å². The Labute approximate surface area is 173 Å². The van der Waals surface area contributed by atoms with Gasteiger partial charge in [-0.3, -0.25) is 0 Å². The van der Waals surface area contributed by atoms with Crippen molar-refractivity contribution in [2.45, 2.75) is 13.5 Å². The molecule has 5 nitrogen and oxygen atoms in total. The summed E-state index contributed by atoms with van der Waals surface area (Å²) < 4.78 is 12.5. The van der Waals surface area contributed by atoms with Crippen LogP contribution in [0.5, 0.6) is 11.5 Å². The molecule has 144 valence electrons. The number of aliphatic hydroxyl groups excluding tert-OH is 1. The second-order valence-electron chi connectivity index (χ2n) is 5.70. The van der Waals surface area contributed by atoms with Gasteiger partial charge in [0.05, 0.1) is 32.2 Å². The van der Waals surface area contributed by atoms with Crippen molar-refractivity contribution in [1.82, 2.24) is 4.57 Å². The van der Waals surface area contributed by atoms with Gasteiger partial charge in [0.1, 0.15) is 11.5 Å². The topological polar surface area (TPSA) is 56.0 Å². The van der Waals surface area contributed by atoms with Crippen molar-refractivity contribution in [1.29, 1.82) is 0 Å². The van der Waals surface area contributed by atoms with Gasteiger partial charge in [-0.25, -0.2) is 4.99 Å². The van der Waals surface area contributed by atoms with E-state index in [4.69, 9.17) is 14.5 Å². The first kappa shape index (κ1) is 21.2. The minimum atomic E-state index is 0. The largest absolute Gasteiger partial charge is 1.00 e. The number of aromatic nitrogens is 1. The number of thiazole rings is 1. The van der Waals surface area contributed by atoms with E-state index < -0.39 is 0 Å². The van der Waals surface area contributed by atoms with Gasteiger partial charge < -0.3 is 36.1 Å². The molecule has 1 heterocycles. The standard InChI is InChI=1S/C20H22N2O3S.BrH/c1-14-19(15-4-8-17(24-2)9-5-15)22(12-13-23)20(26-14)21-16-6-10-18(25-3)11-7-16;/h4-11,23H,12-13H2,1-3H3;1H/p-1. The van der Waals surface area contributed by atoms with Crippen LogP contribution in [0, 0.1) is 6.92 Å². The Hall–Kier alpha value is -2.09. The minimum absolute atomic E-state index is 0. The lowest BCUT2D eigenvalue weighted by Crippen LogP contribution is -3.00. The maximum Gasteiger partial charge on any atom is 0.190 e. The van der Waals surface area contributed by atoms with E-state index in [1.807, 2.05) is 48.5 Å². The summed E-state index contributed by atoms with van der Waals surface area (Å²) in [6, 6.07) is 15.6. The Kier molecular flexibility index (Phi) is 7.65. The van der Waals surface area contributed by atoms with Crippen LogP contribution in [0.2, 0.25) is 0 Å². The predicted octanol–water partition coefficient (Wildman–Crippen LogP) is 0.771. The first-order chi connectivity index (χ1) is 12.7. The van der Waals surface area contributed by atoms with E-state index in [0.29, 0.717) is 6.54 Å². The molecule has 0 amide bonds. The van der Waals surface area contributed by atoms with Gasteiger partial charge in [0.2, 0.25) is 0 Å². The van der Waals surface area contributed by atoms with Gasteiger partial charge in [0, 0.05) is 11.4 Å². The second-order valence-corrected chi connectivity index (χ2v) is 6.88. The van der Waals surface area contributed by atoms with Crippen molar-refractivity contribution in [3.05, 3.63) is 58.2 Å². The van der Waals surface area contributed by atoms with Crippen LogP contribution in [0.25, 0.3) is 11.3 Å². The van der Waals surface area contributed by atoms with Gasteiger partial charge in [-0.1, -0.05) is 0 Å². The van der Waals surface area contributed by atoms with Gasteiger partial charge in [-0.15, -0.1) is 11.3 Å². The molecule has 1 aromatic heterocycles. The van der Waals surface area contributed by atoms with Gasteiger partial charge >= 0.3 is 0 Å². The minimum Gasteiger partial charge on any atom is -1.00 e. The van der Waals surface area contributed by atoms with E-state index in [1.54, 1.807) is 25.6 Å². The van der Waals surface area contributed by atoms with E-state index >= 15 is 0 Å². The van der Waals surface area contributed by atoms with Crippen molar-refractivity contribution < 1.29 is 31.6 Å². The Morgan fingerprint density at radius 2 is 1.52 bits per heavy atom. The number of rotatable bonds is 6. The zero-order chi connectivity index (χ0) is 18.5. The summed E-state index contributed by atoms with van der Waals surface area (Å²) >= 11 is 1.61. The van der Waals surface area contributed by atoms with Crippen LogP contribution in [0.1, 0.15) is 4.88 Å². The number of halogens is 1. The lowest BCUT2D eigenvalue weighted by Gasteiger charge is -2.09. The molecule has 0 unspecified atom stereocenters. The molecule has 3 aromatic rings. The second kappa shape index (κ2) is 9.73. The van der Waals surface area contributed by atoms with Gasteiger partial charge in [0.15, 0.2) is 4.80 Å². The van der Waals surface area contributed by atoms with E-state index in [-0.39, 0.29) is 23.6 Å². The fraction of sp³-hybridized carbons (Fsp3) is 0.250. The van der Waals surface area contributed by atoms with Crippen molar-refractivity contribution >= 4 is 17.0 Å². The lowest BCUT2D eigenvalue weighted by molar-refractivity contribution is -0.00000701. The Morgan fingerprint density at radius 1 is 0.963 bits per heavy atom. The average molecular weight is 450 g/mol. The fourth-order valence-corrected chi connectivity index (χ4v) is 3.83. The first-order valence-corrected chi connectivity index (χ1v) is 9.12. The highest BCUT2D eigenvalue weighted by molar-refractivity contribution is 7.09. The third-order valence-electron chi connectivity index (χ3n) is 4.06. The van der Waals surface area contributed by atoms with Crippen LogP contribution < -0.4 is 31.3 Å². The molecule has 0 saturated heterocycles. The number of hydrogen-bond donors (Lipinski definition) is 1. The van der Waals surface area contributed by atoms with E-state index in [1.165, 1.54) is 0 Å². The summed E-state index contributed by atoms with van der Waals surface area (Å²) in [5.74, 6) is 1.62. The van der Waals surface area contributed by atoms with Gasteiger partial charge in [-0.05, 0) is 61.0 Å². The highest BCUT2D eigenvalue weighted by atomic mass is 79.9. The van der Waals surface area contributed by atoms with Crippen molar-refractivity contribution in [2.75, 3.05) is 20.8 Å². The Morgan fingerprint density at radius 3 is 2.04 bits per heavy atom. The fourth-order valence-electron chi connectivity index (χ4n) is 2.79. The van der Waals surface area contributed by atoms with Gasteiger partial charge in [0.25, 0.3) is 0 Å². The molecule has 1 N–H and O–H groups in total. The first-order valence-electron chi connectivity index (χ1n) is 8.30. The third kappa shape index (κ3) is 4.80. The Bertz CT molecular complexity index is 931. The molecule has 0 bridgehead atoms. The molecule has 0 fully saturated rings. The van der Waals surface area contributed by atoms with E-state index in [0.717, 1.165) is 38.1 Å². The number of aryl methyl sites for hydroxylation is 1. The number of hydrogen-bond acceptors (Lipinski definition) is 5.